The average molecular weight is 274 g/mol. The predicted octanol–water partition coefficient (Wildman–Crippen LogP) is 5.19. The van der Waals surface area contributed by atoms with Crippen LogP contribution in [0.25, 0.3) is 10.8 Å². The van der Waals surface area contributed by atoms with Crippen LogP contribution in [0.4, 0.5) is 0 Å². The second-order valence-corrected chi connectivity index (χ2v) is 5.67. The molecule has 0 spiro atoms. The van der Waals surface area contributed by atoms with Crippen molar-refractivity contribution < 1.29 is 4.79 Å². The molecule has 3 aromatic carbocycles. The van der Waals surface area contributed by atoms with Gasteiger partial charge in [-0.15, -0.1) is 0 Å². The maximum Gasteiger partial charge on any atom is 0.193 e. The Bertz CT molecular complexity index is 785. The first-order chi connectivity index (χ1) is 10.1. The molecular formula is C20H18O. The smallest absolute Gasteiger partial charge is 0.193 e. The molecule has 0 saturated heterocycles. The highest BCUT2D eigenvalue weighted by Gasteiger charge is 2.09. The Morgan fingerprint density at radius 3 is 2.14 bits per heavy atom. The third-order valence-corrected chi connectivity index (χ3v) is 3.83. The first-order valence-corrected chi connectivity index (χ1v) is 7.28. The van der Waals surface area contributed by atoms with Gasteiger partial charge in [-0.05, 0) is 28.3 Å². The molecule has 0 unspecified atom stereocenters. The number of hydrogen-bond acceptors (Lipinski definition) is 1. The van der Waals surface area contributed by atoms with Gasteiger partial charge in [-0.2, -0.15) is 0 Å². The van der Waals surface area contributed by atoms with E-state index in [9.17, 15) is 4.79 Å². The number of ketones is 1. The minimum atomic E-state index is 0.0745. The van der Waals surface area contributed by atoms with Gasteiger partial charge in [0.1, 0.15) is 0 Å². The molecule has 1 nitrogen and oxygen atoms in total. The van der Waals surface area contributed by atoms with Crippen LogP contribution in [0, 0.1) is 0 Å². The summed E-state index contributed by atoms with van der Waals surface area (Å²) in [6.45, 7) is 4.38. The highest BCUT2D eigenvalue weighted by molar-refractivity contribution is 6.10. The van der Waals surface area contributed by atoms with Crippen molar-refractivity contribution in [1.82, 2.24) is 0 Å². The second-order valence-electron chi connectivity index (χ2n) is 5.67. The van der Waals surface area contributed by atoms with E-state index >= 15 is 0 Å². The fourth-order valence-electron chi connectivity index (χ4n) is 2.52. The SMILES string of the molecule is CC(C)c1ccc2cc(C(=O)c3ccccc3)ccc2c1. The topological polar surface area (TPSA) is 17.1 Å². The molecule has 0 atom stereocenters. The Balaban J connectivity index is 2.02. The summed E-state index contributed by atoms with van der Waals surface area (Å²) < 4.78 is 0. The Labute approximate surface area is 125 Å². The molecule has 0 fully saturated rings. The van der Waals surface area contributed by atoms with Gasteiger partial charge in [-0.3, -0.25) is 4.79 Å². The van der Waals surface area contributed by atoms with Crippen molar-refractivity contribution in [2.45, 2.75) is 19.8 Å². The highest BCUT2D eigenvalue weighted by Crippen LogP contribution is 2.23. The van der Waals surface area contributed by atoms with E-state index in [1.165, 1.54) is 10.9 Å². The Kier molecular flexibility index (Phi) is 3.57. The largest absolute Gasteiger partial charge is 0.289 e. The van der Waals surface area contributed by atoms with Gasteiger partial charge in [0, 0.05) is 11.1 Å². The molecule has 3 aromatic rings. The molecule has 0 aliphatic carbocycles. The van der Waals surface area contributed by atoms with E-state index in [1.54, 1.807) is 0 Å². The van der Waals surface area contributed by atoms with E-state index in [2.05, 4.69) is 32.0 Å². The summed E-state index contributed by atoms with van der Waals surface area (Å²) in [5.74, 6) is 0.588. The summed E-state index contributed by atoms with van der Waals surface area (Å²) in [6, 6.07) is 21.8. The first kappa shape index (κ1) is 13.6. The molecule has 0 aromatic heterocycles. The fraction of sp³-hybridized carbons (Fsp3) is 0.150. The Hall–Kier alpha value is -2.41. The van der Waals surface area contributed by atoms with Crippen molar-refractivity contribution in [3.05, 3.63) is 83.4 Å². The van der Waals surface area contributed by atoms with Crippen molar-refractivity contribution in [2.24, 2.45) is 0 Å². The maximum absolute atomic E-state index is 12.5. The van der Waals surface area contributed by atoms with Gasteiger partial charge in [0.2, 0.25) is 0 Å². The van der Waals surface area contributed by atoms with Crippen LogP contribution in [0.3, 0.4) is 0 Å². The van der Waals surface area contributed by atoms with Crippen molar-refractivity contribution in [1.29, 1.82) is 0 Å². The molecule has 104 valence electrons. The number of fused-ring (bicyclic) bond motifs is 1. The van der Waals surface area contributed by atoms with Crippen molar-refractivity contribution in [3.8, 4) is 0 Å². The normalized spacial score (nSPS) is 11.0. The number of carbonyl (C=O) groups excluding carboxylic acids is 1. The van der Waals surface area contributed by atoms with E-state index in [-0.39, 0.29) is 5.78 Å². The lowest BCUT2D eigenvalue weighted by Gasteiger charge is -2.08. The average Bonchev–Trinajstić information content (AvgIpc) is 2.54. The molecule has 0 saturated carbocycles. The highest BCUT2D eigenvalue weighted by atomic mass is 16.1. The van der Waals surface area contributed by atoms with Gasteiger partial charge in [0.05, 0.1) is 0 Å². The van der Waals surface area contributed by atoms with Gasteiger partial charge >= 0.3 is 0 Å². The zero-order chi connectivity index (χ0) is 14.8. The van der Waals surface area contributed by atoms with Crippen LogP contribution < -0.4 is 0 Å². The summed E-state index contributed by atoms with van der Waals surface area (Å²) in [6.07, 6.45) is 0. The molecule has 3 rings (SSSR count). The van der Waals surface area contributed by atoms with Crippen LogP contribution >= 0.6 is 0 Å². The third-order valence-electron chi connectivity index (χ3n) is 3.83. The van der Waals surface area contributed by atoms with Crippen LogP contribution in [0.2, 0.25) is 0 Å². The molecule has 0 heterocycles. The standard InChI is InChI=1S/C20H18O/c1-14(2)16-8-9-18-13-19(11-10-17(18)12-16)20(21)15-6-4-3-5-7-15/h3-14H,1-2H3. The zero-order valence-electron chi connectivity index (χ0n) is 12.3. The second kappa shape index (κ2) is 5.53. The molecule has 0 aliphatic heterocycles. The number of rotatable bonds is 3. The molecule has 0 radical (unpaired) electrons. The number of carbonyl (C=O) groups is 1. The molecule has 0 bridgehead atoms. The Morgan fingerprint density at radius 2 is 1.43 bits per heavy atom. The summed E-state index contributed by atoms with van der Waals surface area (Å²) in [4.78, 5) is 12.5. The molecule has 1 heteroatoms. The minimum absolute atomic E-state index is 0.0745. The summed E-state index contributed by atoms with van der Waals surface area (Å²) in [5, 5.41) is 2.30. The molecule has 0 aliphatic rings. The van der Waals surface area contributed by atoms with E-state index in [1.807, 2.05) is 48.5 Å². The molecule has 0 N–H and O–H groups in total. The lowest BCUT2D eigenvalue weighted by Crippen LogP contribution is -2.00. The lowest BCUT2D eigenvalue weighted by molar-refractivity contribution is 0.103. The van der Waals surface area contributed by atoms with Gasteiger partial charge in [-0.25, -0.2) is 0 Å². The van der Waals surface area contributed by atoms with E-state index < -0.39 is 0 Å². The van der Waals surface area contributed by atoms with Crippen LogP contribution in [-0.2, 0) is 0 Å². The van der Waals surface area contributed by atoms with E-state index in [0.29, 0.717) is 5.92 Å². The van der Waals surface area contributed by atoms with Crippen LogP contribution in [0.15, 0.2) is 66.7 Å². The molecular weight excluding hydrogens is 256 g/mol. The van der Waals surface area contributed by atoms with E-state index in [0.717, 1.165) is 16.5 Å². The van der Waals surface area contributed by atoms with Crippen molar-refractivity contribution in [2.75, 3.05) is 0 Å². The molecule has 21 heavy (non-hydrogen) atoms. The van der Waals surface area contributed by atoms with Gasteiger partial charge < -0.3 is 0 Å². The van der Waals surface area contributed by atoms with Gasteiger partial charge in [0.15, 0.2) is 5.78 Å². The summed E-state index contributed by atoms with van der Waals surface area (Å²) >= 11 is 0. The number of hydrogen-bond donors (Lipinski definition) is 0. The van der Waals surface area contributed by atoms with E-state index in [4.69, 9.17) is 0 Å². The van der Waals surface area contributed by atoms with Gasteiger partial charge in [-0.1, -0.05) is 74.5 Å². The van der Waals surface area contributed by atoms with Crippen LogP contribution in [0.1, 0.15) is 41.3 Å². The zero-order valence-corrected chi connectivity index (χ0v) is 12.3. The summed E-state index contributed by atoms with van der Waals surface area (Å²) in [5.41, 5.74) is 2.80. The van der Waals surface area contributed by atoms with Gasteiger partial charge in [0.25, 0.3) is 0 Å². The quantitative estimate of drug-likeness (QED) is 0.600. The number of benzene rings is 3. The monoisotopic (exact) mass is 274 g/mol. The lowest BCUT2D eigenvalue weighted by atomic mass is 9.96. The van der Waals surface area contributed by atoms with Crippen molar-refractivity contribution >= 4 is 16.6 Å². The van der Waals surface area contributed by atoms with Crippen molar-refractivity contribution in [3.63, 3.8) is 0 Å². The third kappa shape index (κ3) is 2.73. The molecule has 0 amide bonds. The van der Waals surface area contributed by atoms with Crippen LogP contribution in [0.5, 0.6) is 0 Å². The first-order valence-electron chi connectivity index (χ1n) is 7.28. The maximum atomic E-state index is 12.5. The predicted molar refractivity (Wildman–Crippen MR) is 87.9 cm³/mol. The minimum Gasteiger partial charge on any atom is -0.289 e. The fourth-order valence-corrected chi connectivity index (χ4v) is 2.52. The summed E-state index contributed by atoms with van der Waals surface area (Å²) in [7, 11) is 0. The Morgan fingerprint density at radius 1 is 0.762 bits per heavy atom. The van der Waals surface area contributed by atoms with Crippen LogP contribution in [-0.4, -0.2) is 5.78 Å².